The van der Waals surface area contributed by atoms with E-state index in [2.05, 4.69) is 15.9 Å². The van der Waals surface area contributed by atoms with Gasteiger partial charge in [0.1, 0.15) is 5.75 Å². The third kappa shape index (κ3) is 2.89. The molecule has 0 saturated heterocycles. The summed E-state index contributed by atoms with van der Waals surface area (Å²) in [6.45, 7) is 1.64. The number of rotatable bonds is 3. The second kappa shape index (κ2) is 5.50. The standard InChI is InChI=1S/C14H12BrFO2/c1-9(17)11-7-6-10(15)8-14(11)18-13-5-3-2-4-12(13)16/h2-9,17H,1H3. The summed E-state index contributed by atoms with van der Waals surface area (Å²) in [4.78, 5) is 0. The molecule has 0 radical (unpaired) electrons. The zero-order valence-corrected chi connectivity index (χ0v) is 11.3. The molecule has 0 amide bonds. The number of halogens is 2. The fourth-order valence-corrected chi connectivity index (χ4v) is 1.93. The fourth-order valence-electron chi connectivity index (χ4n) is 1.59. The van der Waals surface area contributed by atoms with Crippen molar-refractivity contribution in [3.05, 3.63) is 58.3 Å². The molecule has 0 aliphatic heterocycles. The maximum absolute atomic E-state index is 13.5. The van der Waals surface area contributed by atoms with E-state index in [0.717, 1.165) is 4.47 Å². The smallest absolute Gasteiger partial charge is 0.165 e. The number of para-hydroxylation sites is 1. The lowest BCUT2D eigenvalue weighted by atomic mass is 10.1. The molecular formula is C14H12BrFO2. The molecule has 0 aliphatic carbocycles. The van der Waals surface area contributed by atoms with Crippen LogP contribution in [0.1, 0.15) is 18.6 Å². The molecule has 2 rings (SSSR count). The van der Waals surface area contributed by atoms with Gasteiger partial charge in [0.05, 0.1) is 6.10 Å². The Bertz CT molecular complexity index is 555. The summed E-state index contributed by atoms with van der Waals surface area (Å²) in [5.74, 6) is 0.135. The zero-order valence-electron chi connectivity index (χ0n) is 9.73. The topological polar surface area (TPSA) is 29.5 Å². The lowest BCUT2D eigenvalue weighted by molar-refractivity contribution is 0.195. The predicted octanol–water partition coefficient (Wildman–Crippen LogP) is 4.43. The van der Waals surface area contributed by atoms with Crippen LogP contribution in [0, 0.1) is 5.82 Å². The summed E-state index contributed by atoms with van der Waals surface area (Å²) < 4.78 is 19.8. The van der Waals surface area contributed by atoms with Crippen LogP contribution in [0.15, 0.2) is 46.9 Å². The van der Waals surface area contributed by atoms with Crippen molar-refractivity contribution >= 4 is 15.9 Å². The SMILES string of the molecule is CC(O)c1ccc(Br)cc1Oc1ccccc1F. The Morgan fingerprint density at radius 2 is 1.89 bits per heavy atom. The molecule has 1 N–H and O–H groups in total. The average molecular weight is 311 g/mol. The molecule has 0 fully saturated rings. The Hall–Kier alpha value is -1.39. The van der Waals surface area contributed by atoms with Gasteiger partial charge in [-0.25, -0.2) is 4.39 Å². The maximum Gasteiger partial charge on any atom is 0.165 e. The van der Waals surface area contributed by atoms with E-state index in [9.17, 15) is 9.50 Å². The van der Waals surface area contributed by atoms with E-state index in [1.54, 1.807) is 43.3 Å². The van der Waals surface area contributed by atoms with Gasteiger partial charge in [-0.05, 0) is 31.2 Å². The summed E-state index contributed by atoms with van der Waals surface area (Å²) in [6, 6.07) is 11.4. The fraction of sp³-hybridized carbons (Fsp3) is 0.143. The molecule has 2 aromatic carbocycles. The molecule has 4 heteroatoms. The number of hydrogen-bond donors (Lipinski definition) is 1. The molecule has 2 nitrogen and oxygen atoms in total. The Kier molecular flexibility index (Phi) is 3.99. The third-order valence-corrected chi connectivity index (χ3v) is 2.98. The highest BCUT2D eigenvalue weighted by atomic mass is 79.9. The maximum atomic E-state index is 13.5. The summed E-state index contributed by atoms with van der Waals surface area (Å²) in [5.41, 5.74) is 0.612. The number of hydrogen-bond acceptors (Lipinski definition) is 2. The molecule has 0 saturated carbocycles. The first kappa shape index (κ1) is 13.1. The molecule has 18 heavy (non-hydrogen) atoms. The molecule has 0 bridgehead atoms. The van der Waals surface area contributed by atoms with E-state index in [1.165, 1.54) is 6.07 Å². The van der Waals surface area contributed by atoms with Crippen molar-refractivity contribution in [3.8, 4) is 11.5 Å². The van der Waals surface area contributed by atoms with Gasteiger partial charge >= 0.3 is 0 Å². The number of ether oxygens (including phenoxy) is 1. The third-order valence-electron chi connectivity index (χ3n) is 2.48. The van der Waals surface area contributed by atoms with E-state index in [0.29, 0.717) is 11.3 Å². The highest BCUT2D eigenvalue weighted by Gasteiger charge is 2.12. The van der Waals surface area contributed by atoms with E-state index in [4.69, 9.17) is 4.74 Å². The van der Waals surface area contributed by atoms with E-state index >= 15 is 0 Å². The van der Waals surface area contributed by atoms with Crippen LogP contribution in [0.25, 0.3) is 0 Å². The quantitative estimate of drug-likeness (QED) is 0.908. The van der Waals surface area contributed by atoms with Gasteiger partial charge in [-0.2, -0.15) is 0 Å². The summed E-state index contributed by atoms with van der Waals surface area (Å²) in [6.07, 6.45) is -0.681. The second-order valence-electron chi connectivity index (χ2n) is 3.89. The van der Waals surface area contributed by atoms with Gasteiger partial charge in [-0.1, -0.05) is 34.1 Å². The first-order valence-corrected chi connectivity index (χ1v) is 6.27. The van der Waals surface area contributed by atoms with Gasteiger partial charge in [0.15, 0.2) is 11.6 Å². The first-order chi connectivity index (χ1) is 8.58. The predicted molar refractivity (Wildman–Crippen MR) is 71.2 cm³/mol. The van der Waals surface area contributed by atoms with Gasteiger partial charge in [-0.3, -0.25) is 0 Å². The lowest BCUT2D eigenvalue weighted by Gasteiger charge is -2.14. The molecule has 0 aromatic heterocycles. The monoisotopic (exact) mass is 310 g/mol. The van der Waals surface area contributed by atoms with E-state index in [1.807, 2.05) is 0 Å². The van der Waals surface area contributed by atoms with Gasteiger partial charge in [0.25, 0.3) is 0 Å². The van der Waals surface area contributed by atoms with Gasteiger partial charge < -0.3 is 9.84 Å². The molecule has 0 heterocycles. The number of benzene rings is 2. The molecule has 94 valence electrons. The minimum absolute atomic E-state index is 0.137. The molecule has 2 aromatic rings. The van der Waals surface area contributed by atoms with Gasteiger partial charge in [0, 0.05) is 10.0 Å². The Labute approximate surface area is 113 Å². The molecule has 1 unspecified atom stereocenters. The van der Waals surface area contributed by atoms with Gasteiger partial charge in [0.2, 0.25) is 0 Å². The first-order valence-electron chi connectivity index (χ1n) is 5.48. The molecule has 1 atom stereocenters. The lowest BCUT2D eigenvalue weighted by Crippen LogP contribution is -1.97. The Morgan fingerprint density at radius 1 is 1.17 bits per heavy atom. The highest BCUT2D eigenvalue weighted by Crippen LogP contribution is 2.33. The van der Waals surface area contributed by atoms with Crippen molar-refractivity contribution in [3.63, 3.8) is 0 Å². The molecule has 0 aliphatic rings. The van der Waals surface area contributed by atoms with Crippen molar-refractivity contribution in [1.82, 2.24) is 0 Å². The van der Waals surface area contributed by atoms with Crippen molar-refractivity contribution in [2.75, 3.05) is 0 Å². The summed E-state index contributed by atoms with van der Waals surface area (Å²) in [5, 5.41) is 9.65. The minimum atomic E-state index is -0.681. The van der Waals surface area contributed by atoms with Crippen LogP contribution in [-0.2, 0) is 0 Å². The Morgan fingerprint density at radius 3 is 2.56 bits per heavy atom. The van der Waals surface area contributed by atoms with Crippen molar-refractivity contribution in [2.45, 2.75) is 13.0 Å². The van der Waals surface area contributed by atoms with Crippen molar-refractivity contribution < 1.29 is 14.2 Å². The zero-order chi connectivity index (χ0) is 13.1. The largest absolute Gasteiger partial charge is 0.454 e. The minimum Gasteiger partial charge on any atom is -0.454 e. The van der Waals surface area contributed by atoms with Crippen molar-refractivity contribution in [1.29, 1.82) is 0 Å². The second-order valence-corrected chi connectivity index (χ2v) is 4.81. The van der Waals surface area contributed by atoms with Crippen LogP contribution < -0.4 is 4.74 Å². The van der Waals surface area contributed by atoms with Gasteiger partial charge in [-0.15, -0.1) is 0 Å². The summed E-state index contributed by atoms with van der Waals surface area (Å²) in [7, 11) is 0. The Balaban J connectivity index is 2.39. The highest BCUT2D eigenvalue weighted by molar-refractivity contribution is 9.10. The normalized spacial score (nSPS) is 12.2. The van der Waals surface area contributed by atoms with Crippen LogP contribution in [0.4, 0.5) is 4.39 Å². The van der Waals surface area contributed by atoms with Crippen LogP contribution >= 0.6 is 15.9 Å². The van der Waals surface area contributed by atoms with Crippen LogP contribution in [0.5, 0.6) is 11.5 Å². The van der Waals surface area contributed by atoms with Crippen LogP contribution in [0.2, 0.25) is 0 Å². The average Bonchev–Trinajstić information content (AvgIpc) is 2.32. The van der Waals surface area contributed by atoms with Crippen LogP contribution in [0.3, 0.4) is 0 Å². The van der Waals surface area contributed by atoms with E-state index in [-0.39, 0.29) is 5.75 Å². The molecule has 0 spiro atoms. The van der Waals surface area contributed by atoms with Crippen molar-refractivity contribution in [2.24, 2.45) is 0 Å². The number of aliphatic hydroxyl groups is 1. The number of aliphatic hydroxyl groups excluding tert-OH is 1. The van der Waals surface area contributed by atoms with E-state index < -0.39 is 11.9 Å². The summed E-state index contributed by atoms with van der Waals surface area (Å²) >= 11 is 3.32. The molecular weight excluding hydrogens is 299 g/mol. The van der Waals surface area contributed by atoms with Crippen LogP contribution in [-0.4, -0.2) is 5.11 Å².